The summed E-state index contributed by atoms with van der Waals surface area (Å²) in [5.74, 6) is -0.505. The highest BCUT2D eigenvalue weighted by Crippen LogP contribution is 2.36. The van der Waals surface area contributed by atoms with Gasteiger partial charge in [0.2, 0.25) is 0 Å². The Morgan fingerprint density at radius 3 is 2.57 bits per heavy atom. The third kappa shape index (κ3) is 3.29. The number of rotatable bonds is 3. The van der Waals surface area contributed by atoms with Crippen molar-refractivity contribution in [2.45, 2.75) is 6.18 Å². The van der Waals surface area contributed by atoms with Crippen molar-refractivity contribution in [3.8, 4) is 11.3 Å². The van der Waals surface area contributed by atoms with Crippen molar-refractivity contribution in [2.75, 3.05) is 5.32 Å². The Kier molecular flexibility index (Phi) is 4.26. The summed E-state index contributed by atoms with van der Waals surface area (Å²) in [6, 6.07) is 11.4. The topological polar surface area (TPSA) is 72.2 Å². The molecule has 0 aliphatic carbocycles. The van der Waals surface area contributed by atoms with Gasteiger partial charge in [-0.3, -0.25) is 9.78 Å². The summed E-state index contributed by atoms with van der Waals surface area (Å²) in [5, 5.41) is 6.87. The maximum absolute atomic E-state index is 13.3. The molecule has 0 radical (unpaired) electrons. The summed E-state index contributed by atoms with van der Waals surface area (Å²) < 4.78 is 41.2. The minimum Gasteiger partial charge on any atom is -0.319 e. The maximum Gasteiger partial charge on any atom is 0.417 e. The lowest BCUT2D eigenvalue weighted by Gasteiger charge is -2.12. The molecule has 0 atom stereocenters. The predicted molar refractivity (Wildman–Crippen MR) is 95.6 cm³/mol. The van der Waals surface area contributed by atoms with E-state index in [9.17, 15) is 18.0 Å². The van der Waals surface area contributed by atoms with Crippen LogP contribution in [0, 0.1) is 0 Å². The molecule has 9 heteroatoms. The van der Waals surface area contributed by atoms with Gasteiger partial charge in [0.15, 0.2) is 11.3 Å². The molecule has 3 heterocycles. The number of imidazole rings is 1. The molecule has 6 nitrogen and oxygen atoms in total. The molecule has 0 spiro atoms. The first-order valence-electron chi connectivity index (χ1n) is 8.16. The number of alkyl halides is 3. The van der Waals surface area contributed by atoms with Gasteiger partial charge in [-0.1, -0.05) is 18.2 Å². The molecule has 0 saturated heterocycles. The predicted octanol–water partition coefficient (Wildman–Crippen LogP) is 4.06. The van der Waals surface area contributed by atoms with Gasteiger partial charge >= 0.3 is 6.18 Å². The minimum absolute atomic E-state index is 0.0776. The van der Waals surface area contributed by atoms with E-state index in [1.54, 1.807) is 18.3 Å². The molecular formula is C19H12F3N5O. The number of amides is 1. The normalized spacial score (nSPS) is 11.5. The van der Waals surface area contributed by atoms with E-state index < -0.39 is 17.6 Å². The van der Waals surface area contributed by atoms with Crippen LogP contribution < -0.4 is 5.32 Å². The van der Waals surface area contributed by atoms with E-state index in [1.807, 2.05) is 0 Å². The largest absolute Gasteiger partial charge is 0.417 e. The maximum atomic E-state index is 13.3. The molecule has 1 N–H and O–H groups in total. The molecule has 140 valence electrons. The summed E-state index contributed by atoms with van der Waals surface area (Å²) >= 11 is 0. The molecule has 4 rings (SSSR count). The number of fused-ring (bicyclic) bond motifs is 1. The van der Waals surface area contributed by atoms with Crippen molar-refractivity contribution in [1.29, 1.82) is 0 Å². The Bertz CT molecular complexity index is 1160. The molecule has 0 aliphatic rings. The van der Waals surface area contributed by atoms with Crippen molar-refractivity contribution in [1.82, 2.24) is 19.6 Å². The Balaban J connectivity index is 1.77. The van der Waals surface area contributed by atoms with Gasteiger partial charge in [0.25, 0.3) is 5.91 Å². The van der Waals surface area contributed by atoms with E-state index in [0.29, 0.717) is 11.3 Å². The van der Waals surface area contributed by atoms with Gasteiger partial charge in [-0.25, -0.2) is 9.50 Å². The van der Waals surface area contributed by atoms with Crippen LogP contribution in [0.15, 0.2) is 67.1 Å². The Labute approximate surface area is 156 Å². The number of hydrogen-bond donors (Lipinski definition) is 1. The van der Waals surface area contributed by atoms with Crippen molar-refractivity contribution < 1.29 is 18.0 Å². The Hall–Kier alpha value is -3.75. The minimum atomic E-state index is -4.53. The first-order chi connectivity index (χ1) is 13.4. The van der Waals surface area contributed by atoms with Gasteiger partial charge in [-0.15, -0.1) is 0 Å². The number of carbonyl (C=O) groups excluding carboxylic acids is 1. The second-order valence-corrected chi connectivity index (χ2v) is 5.87. The zero-order valence-corrected chi connectivity index (χ0v) is 14.2. The van der Waals surface area contributed by atoms with E-state index in [-0.39, 0.29) is 17.0 Å². The summed E-state index contributed by atoms with van der Waals surface area (Å²) in [6.45, 7) is 0. The molecule has 0 fully saturated rings. The van der Waals surface area contributed by atoms with Crippen LogP contribution in [0.2, 0.25) is 0 Å². The fourth-order valence-corrected chi connectivity index (χ4v) is 2.76. The molecule has 0 aliphatic heterocycles. The van der Waals surface area contributed by atoms with Crippen LogP contribution in [-0.2, 0) is 6.18 Å². The molecule has 1 aromatic carbocycles. The van der Waals surface area contributed by atoms with Gasteiger partial charge in [0.1, 0.15) is 0 Å². The highest BCUT2D eigenvalue weighted by molar-refractivity contribution is 6.03. The highest BCUT2D eigenvalue weighted by Gasteiger charge is 2.33. The van der Waals surface area contributed by atoms with Crippen LogP contribution in [0.3, 0.4) is 0 Å². The second-order valence-electron chi connectivity index (χ2n) is 5.87. The number of anilines is 1. The SMILES string of the molecule is O=C(Nc1cccnc1)c1cnc2ccc(-c3ccccc3C(F)(F)F)nn12. The highest BCUT2D eigenvalue weighted by atomic mass is 19.4. The van der Waals surface area contributed by atoms with Crippen LogP contribution in [-0.4, -0.2) is 25.5 Å². The van der Waals surface area contributed by atoms with Crippen LogP contribution in [0.1, 0.15) is 16.1 Å². The standard InChI is InChI=1S/C19H12F3N5O/c20-19(21,22)14-6-2-1-5-13(14)15-7-8-17-24-11-16(27(17)26-15)18(28)25-12-4-3-9-23-10-12/h1-11H,(H,25,28). The fourth-order valence-electron chi connectivity index (χ4n) is 2.76. The van der Waals surface area contributed by atoms with Crippen molar-refractivity contribution >= 4 is 17.2 Å². The molecule has 28 heavy (non-hydrogen) atoms. The molecule has 4 aromatic rings. The lowest BCUT2D eigenvalue weighted by Crippen LogP contribution is -2.15. The monoisotopic (exact) mass is 383 g/mol. The zero-order chi connectivity index (χ0) is 19.7. The van der Waals surface area contributed by atoms with Crippen molar-refractivity contribution in [3.05, 3.63) is 78.4 Å². The van der Waals surface area contributed by atoms with Crippen LogP contribution >= 0.6 is 0 Å². The molecule has 0 bridgehead atoms. The Morgan fingerprint density at radius 2 is 1.82 bits per heavy atom. The number of halogens is 3. The van der Waals surface area contributed by atoms with E-state index in [1.165, 1.54) is 47.2 Å². The second kappa shape index (κ2) is 6.76. The summed E-state index contributed by atoms with van der Waals surface area (Å²) in [7, 11) is 0. The van der Waals surface area contributed by atoms with Crippen LogP contribution in [0.4, 0.5) is 18.9 Å². The fraction of sp³-hybridized carbons (Fsp3) is 0.0526. The Morgan fingerprint density at radius 1 is 1.00 bits per heavy atom. The molecular weight excluding hydrogens is 371 g/mol. The molecule has 0 unspecified atom stereocenters. The zero-order valence-electron chi connectivity index (χ0n) is 14.2. The van der Waals surface area contributed by atoms with Gasteiger partial charge in [-0.05, 0) is 30.3 Å². The third-order valence-corrected chi connectivity index (χ3v) is 4.02. The number of aromatic nitrogens is 4. The van der Waals surface area contributed by atoms with E-state index in [2.05, 4.69) is 20.4 Å². The average Bonchev–Trinajstić information content (AvgIpc) is 3.11. The molecule has 0 saturated carbocycles. The number of hydrogen-bond acceptors (Lipinski definition) is 4. The number of benzene rings is 1. The number of nitrogens with one attached hydrogen (secondary N) is 1. The third-order valence-electron chi connectivity index (χ3n) is 4.02. The van der Waals surface area contributed by atoms with Crippen LogP contribution in [0.25, 0.3) is 16.9 Å². The molecule has 1 amide bonds. The quantitative estimate of drug-likeness (QED) is 0.579. The molecule has 3 aromatic heterocycles. The van der Waals surface area contributed by atoms with Gasteiger partial charge in [-0.2, -0.15) is 18.3 Å². The van der Waals surface area contributed by atoms with Gasteiger partial charge in [0, 0.05) is 11.8 Å². The summed E-state index contributed by atoms with van der Waals surface area (Å²) in [4.78, 5) is 20.5. The summed E-state index contributed by atoms with van der Waals surface area (Å²) in [5.41, 5.74) is 0.0946. The summed E-state index contributed by atoms with van der Waals surface area (Å²) in [6.07, 6.45) is -0.175. The van der Waals surface area contributed by atoms with Gasteiger partial charge in [0.05, 0.1) is 29.3 Å². The van der Waals surface area contributed by atoms with E-state index in [0.717, 1.165) is 6.07 Å². The van der Waals surface area contributed by atoms with Crippen molar-refractivity contribution in [2.24, 2.45) is 0 Å². The van der Waals surface area contributed by atoms with E-state index in [4.69, 9.17) is 0 Å². The average molecular weight is 383 g/mol. The van der Waals surface area contributed by atoms with Crippen LogP contribution in [0.5, 0.6) is 0 Å². The first-order valence-corrected chi connectivity index (χ1v) is 8.16. The smallest absolute Gasteiger partial charge is 0.319 e. The first kappa shape index (κ1) is 17.7. The van der Waals surface area contributed by atoms with Crippen molar-refractivity contribution in [3.63, 3.8) is 0 Å². The van der Waals surface area contributed by atoms with E-state index >= 15 is 0 Å². The number of carbonyl (C=O) groups is 1. The van der Waals surface area contributed by atoms with Gasteiger partial charge < -0.3 is 5.32 Å². The lowest BCUT2D eigenvalue weighted by atomic mass is 10.0. The lowest BCUT2D eigenvalue weighted by molar-refractivity contribution is -0.137. The number of nitrogens with zero attached hydrogens (tertiary/aromatic N) is 4. The number of pyridine rings is 1.